The summed E-state index contributed by atoms with van der Waals surface area (Å²) in [6.07, 6.45) is 0.263. The number of allylic oxidation sites excluding steroid dienone is 1. The van der Waals surface area contributed by atoms with E-state index in [4.69, 9.17) is 14.2 Å². The fourth-order valence-corrected chi connectivity index (χ4v) is 3.31. The van der Waals surface area contributed by atoms with Crippen LogP contribution in [0, 0.1) is 5.92 Å². The molecule has 1 aliphatic carbocycles. The Morgan fingerprint density at radius 2 is 2.00 bits per heavy atom. The monoisotopic (exact) mass is 280 g/mol. The minimum Gasteiger partial charge on any atom is -0.484 e. The van der Waals surface area contributed by atoms with Gasteiger partial charge in [-0.3, -0.25) is 9.59 Å². The third-order valence-electron chi connectivity index (χ3n) is 4.19. The summed E-state index contributed by atoms with van der Waals surface area (Å²) in [4.78, 5) is 35.2. The molecule has 108 valence electrons. The Morgan fingerprint density at radius 1 is 1.25 bits per heavy atom. The maximum absolute atomic E-state index is 11.9. The van der Waals surface area contributed by atoms with Crippen molar-refractivity contribution in [3.8, 4) is 0 Å². The lowest BCUT2D eigenvalue weighted by atomic mass is 9.75. The van der Waals surface area contributed by atoms with Gasteiger partial charge in [-0.25, -0.2) is 4.79 Å². The Balaban J connectivity index is 1.95. The topological polar surface area (TPSA) is 78.9 Å². The number of Topliss-reactive ketones (excluding diaryl/α,β-unsaturated/α-hetero) is 1. The third-order valence-corrected chi connectivity index (χ3v) is 4.19. The number of hydrogen-bond acceptors (Lipinski definition) is 6. The smallest absolute Gasteiger partial charge is 0.347 e. The lowest BCUT2D eigenvalue weighted by Gasteiger charge is -2.39. The van der Waals surface area contributed by atoms with E-state index in [1.54, 1.807) is 0 Å². The minimum atomic E-state index is -0.947. The normalized spacial score (nSPS) is 38.5. The lowest BCUT2D eigenvalue weighted by Crippen LogP contribution is -2.44. The van der Waals surface area contributed by atoms with Crippen LogP contribution in [-0.4, -0.2) is 35.5 Å². The first-order chi connectivity index (χ1) is 9.38. The van der Waals surface area contributed by atoms with Crippen molar-refractivity contribution in [2.75, 3.05) is 0 Å². The molecule has 20 heavy (non-hydrogen) atoms. The summed E-state index contributed by atoms with van der Waals surface area (Å²) in [6, 6.07) is 0. The summed E-state index contributed by atoms with van der Waals surface area (Å²) in [6.45, 7) is 4.98. The van der Waals surface area contributed by atoms with Gasteiger partial charge in [0.2, 0.25) is 6.10 Å². The summed E-state index contributed by atoms with van der Waals surface area (Å²) in [5.41, 5.74) is -0.778. The van der Waals surface area contributed by atoms with Gasteiger partial charge < -0.3 is 14.2 Å². The second-order valence-corrected chi connectivity index (χ2v) is 5.79. The Hall–Kier alpha value is -1.85. The molecule has 4 atom stereocenters. The highest BCUT2D eigenvalue weighted by molar-refractivity contribution is 5.90. The molecule has 0 amide bonds. The zero-order chi connectivity index (χ0) is 14.5. The second kappa shape index (κ2) is 4.33. The molecule has 4 unspecified atom stereocenters. The average Bonchev–Trinajstić information content (AvgIpc) is 2.50. The van der Waals surface area contributed by atoms with Crippen molar-refractivity contribution >= 4 is 17.7 Å². The van der Waals surface area contributed by atoms with Gasteiger partial charge in [0.15, 0.2) is 11.5 Å². The molecular weight excluding hydrogens is 264 g/mol. The van der Waals surface area contributed by atoms with Crippen LogP contribution in [0.1, 0.15) is 32.6 Å². The molecule has 2 aliphatic heterocycles. The molecule has 0 aromatic carbocycles. The molecule has 1 saturated carbocycles. The Bertz CT molecular complexity index is 508. The van der Waals surface area contributed by atoms with E-state index in [1.807, 2.05) is 0 Å². The van der Waals surface area contributed by atoms with Crippen LogP contribution >= 0.6 is 0 Å². The third kappa shape index (κ3) is 2.09. The van der Waals surface area contributed by atoms with Crippen LogP contribution in [0.15, 0.2) is 12.3 Å². The van der Waals surface area contributed by atoms with E-state index in [-0.39, 0.29) is 36.0 Å². The van der Waals surface area contributed by atoms with Crippen molar-refractivity contribution in [1.82, 2.24) is 0 Å². The molecule has 6 nitrogen and oxygen atoms in total. The standard InChI is InChI=1S/C14H16O6/c1-7(15)8(2)20-14-4-9-3-10(5-14)18-13(17)11(6-14)19-12(9)16/h9-11H,2-6H2,1H3. The molecule has 0 aromatic rings. The molecule has 6 heteroatoms. The van der Waals surface area contributed by atoms with Crippen LogP contribution in [0.3, 0.4) is 0 Å². The molecule has 2 saturated heterocycles. The number of carbonyl (C=O) groups is 3. The Kier molecular flexibility index (Phi) is 2.84. The SMILES string of the molecule is C=C(OC12CC3CC(C1)C(=O)OC(C2)C(=O)O3)C(C)=O. The Morgan fingerprint density at radius 3 is 2.70 bits per heavy atom. The van der Waals surface area contributed by atoms with Gasteiger partial charge in [0.25, 0.3) is 0 Å². The maximum atomic E-state index is 11.9. The largest absolute Gasteiger partial charge is 0.484 e. The molecule has 0 N–H and O–H groups in total. The van der Waals surface area contributed by atoms with E-state index < -0.39 is 17.7 Å². The summed E-state index contributed by atoms with van der Waals surface area (Å²) in [5, 5.41) is 0. The molecule has 4 bridgehead atoms. The van der Waals surface area contributed by atoms with Gasteiger partial charge in [0.05, 0.1) is 5.92 Å². The van der Waals surface area contributed by atoms with Crippen LogP contribution in [0.5, 0.6) is 0 Å². The molecular formula is C14H16O6. The zero-order valence-electron chi connectivity index (χ0n) is 11.2. The predicted octanol–water partition coefficient (Wildman–Crippen LogP) is 0.885. The van der Waals surface area contributed by atoms with Gasteiger partial charge >= 0.3 is 11.9 Å². The molecule has 0 aromatic heterocycles. The van der Waals surface area contributed by atoms with Crippen molar-refractivity contribution in [2.45, 2.75) is 50.4 Å². The van der Waals surface area contributed by atoms with Gasteiger partial charge in [-0.15, -0.1) is 0 Å². The van der Waals surface area contributed by atoms with E-state index in [9.17, 15) is 14.4 Å². The first-order valence-corrected chi connectivity index (χ1v) is 6.68. The number of esters is 2. The molecule has 3 rings (SSSR count). The average molecular weight is 280 g/mol. The Labute approximate surface area is 116 Å². The molecule has 3 aliphatic rings. The zero-order valence-corrected chi connectivity index (χ0v) is 11.2. The highest BCUT2D eigenvalue weighted by atomic mass is 16.6. The van der Waals surface area contributed by atoms with Crippen LogP contribution in [-0.2, 0) is 28.6 Å². The van der Waals surface area contributed by atoms with Gasteiger partial charge in [-0.1, -0.05) is 6.58 Å². The number of rotatable bonds is 3. The molecule has 0 radical (unpaired) electrons. The van der Waals surface area contributed by atoms with Crippen LogP contribution in [0.25, 0.3) is 0 Å². The number of hydrogen-bond donors (Lipinski definition) is 0. The first-order valence-electron chi connectivity index (χ1n) is 6.68. The first kappa shape index (κ1) is 13.1. The highest BCUT2D eigenvalue weighted by Gasteiger charge is 2.55. The van der Waals surface area contributed by atoms with Crippen LogP contribution in [0.4, 0.5) is 0 Å². The summed E-state index contributed by atoms with van der Waals surface area (Å²) >= 11 is 0. The van der Waals surface area contributed by atoms with Crippen molar-refractivity contribution in [3.63, 3.8) is 0 Å². The van der Waals surface area contributed by atoms with Crippen molar-refractivity contribution in [1.29, 1.82) is 0 Å². The number of carbonyl (C=O) groups excluding carboxylic acids is 3. The van der Waals surface area contributed by atoms with E-state index in [0.717, 1.165) is 0 Å². The highest BCUT2D eigenvalue weighted by Crippen LogP contribution is 2.46. The number of ether oxygens (including phenoxy) is 3. The van der Waals surface area contributed by atoms with Crippen LogP contribution < -0.4 is 0 Å². The second-order valence-electron chi connectivity index (χ2n) is 5.79. The predicted molar refractivity (Wildman–Crippen MR) is 65.4 cm³/mol. The molecule has 3 fully saturated rings. The van der Waals surface area contributed by atoms with E-state index in [1.165, 1.54) is 6.92 Å². The van der Waals surface area contributed by atoms with Gasteiger partial charge in [0.1, 0.15) is 11.7 Å². The summed E-state index contributed by atoms with van der Waals surface area (Å²) in [7, 11) is 0. The number of fused-ring (bicyclic) bond motifs is 3. The van der Waals surface area contributed by atoms with Crippen molar-refractivity contribution in [3.05, 3.63) is 12.3 Å². The summed E-state index contributed by atoms with van der Waals surface area (Å²) < 4.78 is 16.3. The van der Waals surface area contributed by atoms with E-state index in [2.05, 4.69) is 6.58 Å². The van der Waals surface area contributed by atoms with E-state index in [0.29, 0.717) is 19.3 Å². The van der Waals surface area contributed by atoms with Crippen molar-refractivity contribution in [2.24, 2.45) is 5.92 Å². The quantitative estimate of drug-likeness (QED) is 0.434. The van der Waals surface area contributed by atoms with Gasteiger partial charge in [0, 0.05) is 26.2 Å². The fraction of sp³-hybridized carbons (Fsp3) is 0.643. The van der Waals surface area contributed by atoms with E-state index >= 15 is 0 Å². The minimum absolute atomic E-state index is 0.0480. The maximum Gasteiger partial charge on any atom is 0.347 e. The van der Waals surface area contributed by atoms with Crippen molar-refractivity contribution < 1.29 is 28.6 Å². The van der Waals surface area contributed by atoms with Gasteiger partial charge in [-0.2, -0.15) is 0 Å². The number of ketones is 1. The molecule has 0 spiro atoms. The summed E-state index contributed by atoms with van der Waals surface area (Å²) in [5.74, 6) is -1.48. The molecule has 2 heterocycles. The fourth-order valence-electron chi connectivity index (χ4n) is 3.31. The van der Waals surface area contributed by atoms with Gasteiger partial charge in [-0.05, 0) is 6.42 Å². The lowest BCUT2D eigenvalue weighted by molar-refractivity contribution is -0.179. The van der Waals surface area contributed by atoms with Crippen LogP contribution in [0.2, 0.25) is 0 Å².